The van der Waals surface area contributed by atoms with E-state index in [4.69, 9.17) is 5.73 Å². The molecule has 0 radical (unpaired) electrons. The van der Waals surface area contributed by atoms with Crippen LogP contribution in [-0.4, -0.2) is 37.7 Å². The lowest BCUT2D eigenvalue weighted by Crippen LogP contribution is -2.26. The minimum Gasteiger partial charge on any atom is -0.330 e. The number of nitrogens with one attached hydrogen (secondary N) is 1. The van der Waals surface area contributed by atoms with Crippen molar-refractivity contribution in [3.8, 4) is 0 Å². The average molecular weight is 268 g/mol. The number of rotatable bonds is 7. The maximum atomic E-state index is 12.0. The van der Waals surface area contributed by atoms with Gasteiger partial charge in [-0.25, -0.2) is 21.9 Å². The van der Waals surface area contributed by atoms with Crippen LogP contribution in [0.15, 0.2) is 17.3 Å². The minimum atomic E-state index is -3.68. The zero-order valence-corrected chi connectivity index (χ0v) is 9.83. The van der Waals surface area contributed by atoms with Crippen LogP contribution < -0.4 is 10.5 Å². The molecule has 0 aliphatic heterocycles. The fourth-order valence-electron chi connectivity index (χ4n) is 1.12. The molecular formula is C8H14F2N4O2S. The summed E-state index contributed by atoms with van der Waals surface area (Å²) in [5.41, 5.74) is 5.22. The SMILES string of the molecule is NCCCNS(=O)(=O)c1cnn(CC(F)F)c1. The molecule has 1 aromatic heterocycles. The largest absolute Gasteiger partial charge is 0.330 e. The van der Waals surface area contributed by atoms with Crippen LogP contribution in [0.1, 0.15) is 6.42 Å². The zero-order valence-electron chi connectivity index (χ0n) is 9.01. The van der Waals surface area contributed by atoms with Crippen molar-refractivity contribution >= 4 is 10.0 Å². The lowest BCUT2D eigenvalue weighted by molar-refractivity contribution is 0.121. The van der Waals surface area contributed by atoms with Crippen molar-refractivity contribution in [1.82, 2.24) is 14.5 Å². The molecule has 0 unspecified atom stereocenters. The summed E-state index contributed by atoms with van der Waals surface area (Å²) in [5.74, 6) is 0. The molecule has 0 aromatic carbocycles. The number of hydrogen-bond acceptors (Lipinski definition) is 4. The Bertz CT molecular complexity index is 446. The molecule has 3 N–H and O–H groups in total. The average Bonchev–Trinajstić information content (AvgIpc) is 2.66. The van der Waals surface area contributed by atoms with E-state index in [-0.39, 0.29) is 11.4 Å². The molecule has 1 aromatic rings. The van der Waals surface area contributed by atoms with Gasteiger partial charge in [0.2, 0.25) is 10.0 Å². The van der Waals surface area contributed by atoms with Gasteiger partial charge in [0.25, 0.3) is 6.43 Å². The molecule has 1 heterocycles. The standard InChI is InChI=1S/C8H14F2N4O2S/c9-8(10)6-14-5-7(4-12-14)17(15,16)13-3-1-2-11/h4-5,8,13H,1-3,6,11H2. The van der Waals surface area contributed by atoms with Gasteiger partial charge in [-0.2, -0.15) is 5.10 Å². The summed E-state index contributed by atoms with van der Waals surface area (Å²) in [4.78, 5) is -0.129. The first kappa shape index (κ1) is 14.0. The molecule has 0 amide bonds. The van der Waals surface area contributed by atoms with E-state index in [0.717, 1.165) is 17.1 Å². The summed E-state index contributed by atoms with van der Waals surface area (Å²) in [6, 6.07) is 0. The number of halogens is 2. The number of nitrogens with two attached hydrogens (primary N) is 1. The molecule has 0 bridgehead atoms. The summed E-state index contributed by atoms with van der Waals surface area (Å²) in [7, 11) is -3.68. The fraction of sp³-hybridized carbons (Fsp3) is 0.625. The van der Waals surface area contributed by atoms with Gasteiger partial charge in [-0.1, -0.05) is 0 Å². The Morgan fingerprint density at radius 1 is 1.53 bits per heavy atom. The minimum absolute atomic E-state index is 0.129. The van der Waals surface area contributed by atoms with E-state index in [9.17, 15) is 17.2 Å². The van der Waals surface area contributed by atoms with Crippen molar-refractivity contribution in [2.75, 3.05) is 13.1 Å². The summed E-state index contributed by atoms with van der Waals surface area (Å²) in [5, 5.41) is 3.54. The molecule has 0 aliphatic rings. The van der Waals surface area contributed by atoms with E-state index in [1.165, 1.54) is 0 Å². The molecule has 17 heavy (non-hydrogen) atoms. The van der Waals surface area contributed by atoms with Crippen LogP contribution in [0.5, 0.6) is 0 Å². The zero-order chi connectivity index (χ0) is 12.9. The molecule has 6 nitrogen and oxygen atoms in total. The van der Waals surface area contributed by atoms with Crippen molar-refractivity contribution in [2.24, 2.45) is 5.73 Å². The molecule has 9 heteroatoms. The van der Waals surface area contributed by atoms with E-state index in [2.05, 4.69) is 9.82 Å². The van der Waals surface area contributed by atoms with Gasteiger partial charge in [0.1, 0.15) is 11.4 Å². The molecule has 0 aliphatic carbocycles. The number of aromatic nitrogens is 2. The summed E-state index contributed by atoms with van der Waals surface area (Å²) >= 11 is 0. The van der Waals surface area contributed by atoms with Crippen molar-refractivity contribution in [3.63, 3.8) is 0 Å². The lowest BCUT2D eigenvalue weighted by atomic mass is 10.4. The number of alkyl halides is 2. The van der Waals surface area contributed by atoms with Crippen LogP contribution >= 0.6 is 0 Å². The van der Waals surface area contributed by atoms with Crippen LogP contribution in [0.2, 0.25) is 0 Å². The first-order chi connectivity index (χ1) is 7.95. The van der Waals surface area contributed by atoms with Crippen LogP contribution in [0.3, 0.4) is 0 Å². The van der Waals surface area contributed by atoms with Gasteiger partial charge < -0.3 is 5.73 Å². The highest BCUT2D eigenvalue weighted by molar-refractivity contribution is 7.89. The monoisotopic (exact) mass is 268 g/mol. The van der Waals surface area contributed by atoms with Crippen molar-refractivity contribution in [3.05, 3.63) is 12.4 Å². The van der Waals surface area contributed by atoms with E-state index in [0.29, 0.717) is 13.0 Å². The molecule has 0 saturated heterocycles. The van der Waals surface area contributed by atoms with E-state index in [1.807, 2.05) is 0 Å². The van der Waals surface area contributed by atoms with Crippen LogP contribution in [0, 0.1) is 0 Å². The summed E-state index contributed by atoms with van der Waals surface area (Å²) in [6.45, 7) is -0.0512. The summed E-state index contributed by atoms with van der Waals surface area (Å²) < 4.78 is 50.5. The van der Waals surface area contributed by atoms with E-state index >= 15 is 0 Å². The van der Waals surface area contributed by atoms with Crippen LogP contribution in [0.4, 0.5) is 8.78 Å². The van der Waals surface area contributed by atoms with Gasteiger partial charge >= 0.3 is 0 Å². The molecule has 0 spiro atoms. The Morgan fingerprint density at radius 3 is 2.82 bits per heavy atom. The number of sulfonamides is 1. The Balaban J connectivity index is 2.68. The predicted octanol–water partition coefficient (Wildman–Crippen LogP) is -0.225. The quantitative estimate of drug-likeness (QED) is 0.669. The van der Waals surface area contributed by atoms with Crippen LogP contribution in [-0.2, 0) is 16.6 Å². The molecule has 1 rings (SSSR count). The molecular weight excluding hydrogens is 254 g/mol. The molecule has 0 fully saturated rings. The third-order valence-corrected chi connectivity index (χ3v) is 3.33. The first-order valence-corrected chi connectivity index (χ1v) is 6.44. The van der Waals surface area contributed by atoms with Crippen LogP contribution in [0.25, 0.3) is 0 Å². The highest BCUT2D eigenvalue weighted by Crippen LogP contribution is 2.08. The smallest absolute Gasteiger partial charge is 0.257 e. The predicted molar refractivity (Wildman–Crippen MR) is 57.1 cm³/mol. The second-order valence-corrected chi connectivity index (χ2v) is 5.10. The highest BCUT2D eigenvalue weighted by Gasteiger charge is 2.16. The molecule has 0 atom stereocenters. The Morgan fingerprint density at radius 2 is 2.24 bits per heavy atom. The summed E-state index contributed by atoms with van der Waals surface area (Å²) in [6.07, 6.45) is 0.0322. The van der Waals surface area contributed by atoms with Gasteiger partial charge in [-0.15, -0.1) is 0 Å². The lowest BCUT2D eigenvalue weighted by Gasteiger charge is -2.03. The van der Waals surface area contributed by atoms with Gasteiger partial charge in [-0.05, 0) is 13.0 Å². The Hall–Kier alpha value is -1.06. The van der Waals surface area contributed by atoms with E-state index in [1.54, 1.807) is 0 Å². The first-order valence-electron chi connectivity index (χ1n) is 4.96. The second kappa shape index (κ2) is 6.03. The fourth-order valence-corrected chi connectivity index (χ4v) is 2.14. The van der Waals surface area contributed by atoms with Crippen molar-refractivity contribution < 1.29 is 17.2 Å². The van der Waals surface area contributed by atoms with Gasteiger partial charge in [0.15, 0.2) is 0 Å². The molecule has 98 valence electrons. The third-order valence-electron chi connectivity index (χ3n) is 1.92. The topological polar surface area (TPSA) is 90.0 Å². The van der Waals surface area contributed by atoms with Gasteiger partial charge in [0, 0.05) is 12.7 Å². The normalized spacial score (nSPS) is 12.2. The third kappa shape index (κ3) is 4.36. The number of hydrogen-bond donors (Lipinski definition) is 2. The van der Waals surface area contributed by atoms with Gasteiger partial charge in [-0.3, -0.25) is 4.68 Å². The Kier molecular flexibility index (Phi) is 4.97. The van der Waals surface area contributed by atoms with E-state index < -0.39 is 23.0 Å². The highest BCUT2D eigenvalue weighted by atomic mass is 32.2. The maximum Gasteiger partial charge on any atom is 0.257 e. The Labute approximate surface area is 97.8 Å². The maximum absolute atomic E-state index is 12.0. The molecule has 0 saturated carbocycles. The van der Waals surface area contributed by atoms with Crippen molar-refractivity contribution in [1.29, 1.82) is 0 Å². The van der Waals surface area contributed by atoms with Crippen molar-refractivity contribution in [2.45, 2.75) is 24.3 Å². The van der Waals surface area contributed by atoms with Gasteiger partial charge in [0.05, 0.1) is 6.20 Å². The number of nitrogens with zero attached hydrogens (tertiary/aromatic N) is 2. The second-order valence-electron chi connectivity index (χ2n) is 3.33.